The van der Waals surface area contributed by atoms with Crippen molar-refractivity contribution in [2.24, 2.45) is 0 Å². The molecule has 0 spiro atoms. The van der Waals surface area contributed by atoms with E-state index in [2.05, 4.69) is 28.2 Å². The summed E-state index contributed by atoms with van der Waals surface area (Å²) in [5.74, 6) is 0.291. The van der Waals surface area contributed by atoms with Crippen molar-refractivity contribution in [1.29, 1.82) is 0 Å². The van der Waals surface area contributed by atoms with Crippen molar-refractivity contribution in [3.05, 3.63) is 28.2 Å². The van der Waals surface area contributed by atoms with E-state index in [0.717, 1.165) is 24.0 Å². The number of aromatic hydroxyl groups is 1. The van der Waals surface area contributed by atoms with Crippen LogP contribution in [0.5, 0.6) is 5.75 Å². The van der Waals surface area contributed by atoms with Crippen molar-refractivity contribution < 1.29 is 5.11 Å². The lowest BCUT2D eigenvalue weighted by molar-refractivity contribution is 0.471. The second-order valence-electron chi connectivity index (χ2n) is 2.96. The Hall–Kier alpha value is -0.540. The van der Waals surface area contributed by atoms with Crippen LogP contribution in [-0.4, -0.2) is 11.7 Å². The SMILES string of the molecule is CCCNCc1ccc(O)c(Br)c1. The lowest BCUT2D eigenvalue weighted by Crippen LogP contribution is -2.13. The van der Waals surface area contributed by atoms with Gasteiger partial charge in [0, 0.05) is 6.54 Å². The monoisotopic (exact) mass is 243 g/mol. The molecule has 0 aliphatic carbocycles. The van der Waals surface area contributed by atoms with Gasteiger partial charge in [-0.05, 0) is 46.6 Å². The summed E-state index contributed by atoms with van der Waals surface area (Å²) in [6.45, 7) is 4.02. The number of hydrogen-bond acceptors (Lipinski definition) is 2. The van der Waals surface area contributed by atoms with Crippen LogP contribution in [0.25, 0.3) is 0 Å². The molecule has 1 aromatic carbocycles. The van der Waals surface area contributed by atoms with Gasteiger partial charge in [-0.25, -0.2) is 0 Å². The van der Waals surface area contributed by atoms with E-state index in [1.807, 2.05) is 12.1 Å². The van der Waals surface area contributed by atoms with Gasteiger partial charge >= 0.3 is 0 Å². The molecule has 0 fully saturated rings. The van der Waals surface area contributed by atoms with Crippen LogP contribution in [-0.2, 0) is 6.54 Å². The van der Waals surface area contributed by atoms with Gasteiger partial charge in [0.1, 0.15) is 5.75 Å². The lowest BCUT2D eigenvalue weighted by Gasteiger charge is -2.04. The van der Waals surface area contributed by atoms with Gasteiger partial charge in [0.05, 0.1) is 4.47 Å². The minimum atomic E-state index is 0.291. The van der Waals surface area contributed by atoms with Crippen molar-refractivity contribution in [1.82, 2.24) is 5.32 Å². The van der Waals surface area contributed by atoms with Gasteiger partial charge in [-0.15, -0.1) is 0 Å². The topological polar surface area (TPSA) is 32.3 Å². The molecule has 1 rings (SSSR count). The molecular formula is C10H14BrNO. The third kappa shape index (κ3) is 3.36. The first kappa shape index (κ1) is 10.5. The molecule has 0 radical (unpaired) electrons. The molecule has 1 aromatic rings. The summed E-state index contributed by atoms with van der Waals surface area (Å²) in [4.78, 5) is 0. The Morgan fingerprint density at radius 1 is 1.46 bits per heavy atom. The third-order valence-corrected chi connectivity index (χ3v) is 2.40. The fourth-order valence-corrected chi connectivity index (χ4v) is 1.50. The van der Waals surface area contributed by atoms with E-state index in [0.29, 0.717) is 5.75 Å². The summed E-state index contributed by atoms with van der Waals surface area (Å²) < 4.78 is 0.753. The maximum atomic E-state index is 9.25. The number of halogens is 1. The van der Waals surface area contributed by atoms with Gasteiger partial charge in [-0.2, -0.15) is 0 Å². The first-order valence-electron chi connectivity index (χ1n) is 4.42. The molecule has 0 aliphatic rings. The minimum Gasteiger partial charge on any atom is -0.507 e. The predicted molar refractivity (Wildman–Crippen MR) is 57.8 cm³/mol. The maximum absolute atomic E-state index is 9.25. The average molecular weight is 244 g/mol. The van der Waals surface area contributed by atoms with Crippen molar-refractivity contribution >= 4 is 15.9 Å². The Labute approximate surface area is 87.1 Å². The highest BCUT2D eigenvalue weighted by Crippen LogP contribution is 2.23. The van der Waals surface area contributed by atoms with Crippen molar-refractivity contribution in [2.45, 2.75) is 19.9 Å². The Morgan fingerprint density at radius 3 is 2.85 bits per heavy atom. The number of phenols is 1. The van der Waals surface area contributed by atoms with E-state index in [4.69, 9.17) is 0 Å². The summed E-state index contributed by atoms with van der Waals surface area (Å²) in [5, 5.41) is 12.5. The van der Waals surface area contributed by atoms with E-state index < -0.39 is 0 Å². The zero-order valence-electron chi connectivity index (χ0n) is 7.68. The molecule has 0 unspecified atom stereocenters. The van der Waals surface area contributed by atoms with Crippen LogP contribution in [0.3, 0.4) is 0 Å². The second-order valence-corrected chi connectivity index (χ2v) is 3.82. The summed E-state index contributed by atoms with van der Waals surface area (Å²) in [6, 6.07) is 5.55. The van der Waals surface area contributed by atoms with E-state index in [1.165, 1.54) is 5.56 Å². The van der Waals surface area contributed by atoms with Gasteiger partial charge in [-0.3, -0.25) is 0 Å². The summed E-state index contributed by atoms with van der Waals surface area (Å²) in [6.07, 6.45) is 1.14. The molecule has 13 heavy (non-hydrogen) atoms. The predicted octanol–water partition coefficient (Wildman–Crippen LogP) is 2.65. The summed E-state index contributed by atoms with van der Waals surface area (Å²) in [7, 11) is 0. The quantitative estimate of drug-likeness (QED) is 0.798. The molecule has 2 N–H and O–H groups in total. The lowest BCUT2D eigenvalue weighted by atomic mass is 10.2. The zero-order valence-corrected chi connectivity index (χ0v) is 9.26. The van der Waals surface area contributed by atoms with Crippen molar-refractivity contribution in [3.8, 4) is 5.75 Å². The number of nitrogens with one attached hydrogen (secondary N) is 1. The highest BCUT2D eigenvalue weighted by molar-refractivity contribution is 9.10. The number of phenolic OH excluding ortho intramolecular Hbond substituents is 1. The highest BCUT2D eigenvalue weighted by atomic mass is 79.9. The molecule has 3 heteroatoms. The molecular weight excluding hydrogens is 230 g/mol. The zero-order chi connectivity index (χ0) is 9.68. The first-order valence-corrected chi connectivity index (χ1v) is 5.21. The molecule has 0 heterocycles. The Bertz CT molecular complexity index is 276. The van der Waals surface area contributed by atoms with E-state index >= 15 is 0 Å². The molecule has 0 aromatic heterocycles. The Kier molecular flexibility index (Phi) is 4.25. The summed E-state index contributed by atoms with van der Waals surface area (Å²) >= 11 is 3.28. The standard InChI is InChI=1S/C10H14BrNO/c1-2-5-12-7-8-3-4-10(13)9(11)6-8/h3-4,6,12-13H,2,5,7H2,1H3. The molecule has 2 nitrogen and oxygen atoms in total. The minimum absolute atomic E-state index is 0.291. The smallest absolute Gasteiger partial charge is 0.129 e. The maximum Gasteiger partial charge on any atom is 0.129 e. The Morgan fingerprint density at radius 2 is 2.23 bits per heavy atom. The molecule has 0 aliphatic heterocycles. The summed E-state index contributed by atoms with van der Waals surface area (Å²) in [5.41, 5.74) is 1.18. The molecule has 72 valence electrons. The van der Waals surface area contributed by atoms with Crippen LogP contribution < -0.4 is 5.32 Å². The number of benzene rings is 1. The van der Waals surface area contributed by atoms with E-state index in [1.54, 1.807) is 6.07 Å². The molecule has 0 saturated carbocycles. The van der Waals surface area contributed by atoms with Gasteiger partial charge < -0.3 is 10.4 Å². The van der Waals surface area contributed by atoms with E-state index in [-0.39, 0.29) is 0 Å². The average Bonchev–Trinajstić information content (AvgIpc) is 2.12. The normalized spacial score (nSPS) is 10.3. The van der Waals surface area contributed by atoms with Crippen LogP contribution in [0.4, 0.5) is 0 Å². The van der Waals surface area contributed by atoms with Gasteiger partial charge in [0.15, 0.2) is 0 Å². The van der Waals surface area contributed by atoms with Crippen molar-refractivity contribution in [3.63, 3.8) is 0 Å². The highest BCUT2D eigenvalue weighted by Gasteiger charge is 1.98. The van der Waals surface area contributed by atoms with Crippen LogP contribution in [0.1, 0.15) is 18.9 Å². The number of rotatable bonds is 4. The molecule has 0 bridgehead atoms. The second kappa shape index (κ2) is 5.25. The third-order valence-electron chi connectivity index (χ3n) is 1.77. The molecule has 0 saturated heterocycles. The fourth-order valence-electron chi connectivity index (χ4n) is 1.07. The van der Waals surface area contributed by atoms with Crippen LogP contribution in [0.2, 0.25) is 0 Å². The first-order chi connectivity index (χ1) is 6.24. The Balaban J connectivity index is 2.53. The van der Waals surface area contributed by atoms with Crippen LogP contribution in [0.15, 0.2) is 22.7 Å². The van der Waals surface area contributed by atoms with Crippen molar-refractivity contribution in [2.75, 3.05) is 6.54 Å². The van der Waals surface area contributed by atoms with Crippen LogP contribution >= 0.6 is 15.9 Å². The van der Waals surface area contributed by atoms with Crippen LogP contribution in [0, 0.1) is 0 Å². The van der Waals surface area contributed by atoms with E-state index in [9.17, 15) is 5.11 Å². The number of hydrogen-bond donors (Lipinski definition) is 2. The van der Waals surface area contributed by atoms with Gasteiger partial charge in [0.2, 0.25) is 0 Å². The fraction of sp³-hybridized carbons (Fsp3) is 0.400. The largest absolute Gasteiger partial charge is 0.507 e. The van der Waals surface area contributed by atoms with Gasteiger partial charge in [0.25, 0.3) is 0 Å². The molecule has 0 amide bonds. The van der Waals surface area contributed by atoms with Gasteiger partial charge in [-0.1, -0.05) is 13.0 Å². The molecule has 0 atom stereocenters.